The van der Waals surface area contributed by atoms with Crippen molar-refractivity contribution in [1.29, 1.82) is 0 Å². The van der Waals surface area contributed by atoms with E-state index in [1.165, 1.54) is 36.4 Å². The molecule has 0 saturated heterocycles. The van der Waals surface area contributed by atoms with Crippen LogP contribution in [0.1, 0.15) is 16.1 Å². The fourth-order valence-corrected chi connectivity index (χ4v) is 2.30. The first-order chi connectivity index (χ1) is 9.83. The maximum Gasteiger partial charge on any atom is 0.274 e. The molecule has 2 aromatic rings. The molecule has 1 amide bonds. The summed E-state index contributed by atoms with van der Waals surface area (Å²) in [7, 11) is -3.60. The second kappa shape index (κ2) is 5.98. The fourth-order valence-electron chi connectivity index (χ4n) is 1.65. The zero-order chi connectivity index (χ0) is 15.5. The molecule has 0 saturated carbocycles. The second-order valence-electron chi connectivity index (χ2n) is 4.30. The number of benzene rings is 1. The highest BCUT2D eigenvalue weighted by Crippen LogP contribution is 2.12. The summed E-state index contributed by atoms with van der Waals surface area (Å²) in [5, 5.41) is 7.46. The molecule has 0 bridgehead atoms. The van der Waals surface area contributed by atoms with Gasteiger partial charge in [-0.25, -0.2) is 18.5 Å². The lowest BCUT2D eigenvalue weighted by atomic mass is 10.2. The van der Waals surface area contributed by atoms with Crippen molar-refractivity contribution < 1.29 is 17.6 Å². The SMILES string of the molecule is NS(=O)(=O)Cc1ccc(NC(=O)c2cccc(F)n2)cc1. The van der Waals surface area contributed by atoms with Crippen LogP contribution in [-0.4, -0.2) is 19.3 Å². The van der Waals surface area contributed by atoms with Crippen molar-refractivity contribution in [2.24, 2.45) is 5.14 Å². The first-order valence-electron chi connectivity index (χ1n) is 5.87. The van der Waals surface area contributed by atoms with Crippen LogP contribution in [0.4, 0.5) is 10.1 Å². The number of nitrogens with one attached hydrogen (secondary N) is 1. The van der Waals surface area contributed by atoms with E-state index in [0.717, 1.165) is 6.07 Å². The van der Waals surface area contributed by atoms with E-state index in [9.17, 15) is 17.6 Å². The number of aromatic nitrogens is 1. The Balaban J connectivity index is 2.08. The lowest BCUT2D eigenvalue weighted by Crippen LogP contribution is -2.15. The van der Waals surface area contributed by atoms with Gasteiger partial charge in [-0.05, 0) is 29.8 Å². The van der Waals surface area contributed by atoms with Crippen molar-refractivity contribution in [2.45, 2.75) is 5.75 Å². The lowest BCUT2D eigenvalue weighted by Gasteiger charge is -2.06. The van der Waals surface area contributed by atoms with Crippen molar-refractivity contribution in [3.8, 4) is 0 Å². The van der Waals surface area contributed by atoms with Gasteiger partial charge in [-0.2, -0.15) is 4.39 Å². The third-order valence-electron chi connectivity index (χ3n) is 2.53. The second-order valence-corrected chi connectivity index (χ2v) is 5.92. The molecule has 110 valence electrons. The molecule has 1 aromatic heterocycles. The maximum absolute atomic E-state index is 12.9. The molecule has 0 aliphatic heterocycles. The van der Waals surface area contributed by atoms with E-state index in [-0.39, 0.29) is 11.4 Å². The van der Waals surface area contributed by atoms with Gasteiger partial charge in [-0.1, -0.05) is 18.2 Å². The molecule has 0 fully saturated rings. The summed E-state index contributed by atoms with van der Waals surface area (Å²) < 4.78 is 34.8. The first-order valence-corrected chi connectivity index (χ1v) is 7.58. The Bertz CT molecular complexity index is 760. The Morgan fingerprint density at radius 3 is 2.43 bits per heavy atom. The Morgan fingerprint density at radius 2 is 1.86 bits per heavy atom. The zero-order valence-electron chi connectivity index (χ0n) is 10.8. The van der Waals surface area contributed by atoms with Crippen molar-refractivity contribution in [3.63, 3.8) is 0 Å². The van der Waals surface area contributed by atoms with Crippen LogP contribution in [0.3, 0.4) is 0 Å². The average molecular weight is 309 g/mol. The number of nitrogens with zero attached hydrogens (tertiary/aromatic N) is 1. The fraction of sp³-hybridized carbons (Fsp3) is 0.0769. The molecule has 6 nitrogen and oxygen atoms in total. The molecule has 0 radical (unpaired) electrons. The summed E-state index contributed by atoms with van der Waals surface area (Å²) in [5.74, 6) is -1.59. The van der Waals surface area contributed by atoms with Crippen LogP contribution in [-0.2, 0) is 15.8 Å². The van der Waals surface area contributed by atoms with Crippen LogP contribution in [0.5, 0.6) is 0 Å². The van der Waals surface area contributed by atoms with E-state index in [4.69, 9.17) is 5.14 Å². The monoisotopic (exact) mass is 309 g/mol. The average Bonchev–Trinajstić information content (AvgIpc) is 2.39. The minimum Gasteiger partial charge on any atom is -0.321 e. The number of amides is 1. The number of carbonyl (C=O) groups excluding carboxylic acids is 1. The Labute approximate surface area is 120 Å². The number of hydrogen-bond donors (Lipinski definition) is 2. The molecule has 0 spiro atoms. The lowest BCUT2D eigenvalue weighted by molar-refractivity contribution is 0.102. The Hall–Kier alpha value is -2.32. The number of rotatable bonds is 4. The van der Waals surface area contributed by atoms with Crippen molar-refractivity contribution in [1.82, 2.24) is 4.98 Å². The third-order valence-corrected chi connectivity index (χ3v) is 3.26. The molecule has 1 heterocycles. The number of anilines is 1. The molecule has 0 aliphatic carbocycles. The van der Waals surface area contributed by atoms with Crippen LogP contribution >= 0.6 is 0 Å². The molecular weight excluding hydrogens is 297 g/mol. The normalized spacial score (nSPS) is 11.1. The predicted molar refractivity (Wildman–Crippen MR) is 75.4 cm³/mol. The van der Waals surface area contributed by atoms with Gasteiger partial charge >= 0.3 is 0 Å². The van der Waals surface area contributed by atoms with Crippen molar-refractivity contribution >= 4 is 21.6 Å². The molecule has 0 aliphatic rings. The quantitative estimate of drug-likeness (QED) is 0.830. The van der Waals surface area contributed by atoms with E-state index in [1.807, 2.05) is 0 Å². The van der Waals surface area contributed by atoms with Gasteiger partial charge in [0.15, 0.2) is 0 Å². The highest BCUT2D eigenvalue weighted by Gasteiger charge is 2.09. The van der Waals surface area contributed by atoms with E-state index >= 15 is 0 Å². The number of carbonyl (C=O) groups is 1. The summed E-state index contributed by atoms with van der Waals surface area (Å²) in [5.41, 5.74) is 0.882. The van der Waals surface area contributed by atoms with Crippen molar-refractivity contribution in [3.05, 3.63) is 59.7 Å². The minimum absolute atomic E-state index is 0.0522. The number of halogens is 1. The summed E-state index contributed by atoms with van der Waals surface area (Å²) in [6, 6.07) is 10.0. The van der Waals surface area contributed by atoms with Crippen LogP contribution in [0, 0.1) is 5.95 Å². The smallest absolute Gasteiger partial charge is 0.274 e. The largest absolute Gasteiger partial charge is 0.321 e. The van der Waals surface area contributed by atoms with Crippen LogP contribution in [0.2, 0.25) is 0 Å². The van der Waals surface area contributed by atoms with Gasteiger partial charge < -0.3 is 5.32 Å². The van der Waals surface area contributed by atoms with E-state index in [1.54, 1.807) is 0 Å². The predicted octanol–water partition coefficient (Wildman–Crippen LogP) is 1.26. The molecule has 8 heteroatoms. The van der Waals surface area contributed by atoms with E-state index in [2.05, 4.69) is 10.3 Å². The zero-order valence-corrected chi connectivity index (χ0v) is 11.6. The molecule has 0 unspecified atom stereocenters. The number of sulfonamides is 1. The number of pyridine rings is 1. The molecule has 0 atom stereocenters. The third kappa shape index (κ3) is 4.62. The number of hydrogen-bond acceptors (Lipinski definition) is 4. The molecule has 1 aromatic carbocycles. The maximum atomic E-state index is 12.9. The topological polar surface area (TPSA) is 102 Å². The van der Waals surface area contributed by atoms with Gasteiger partial charge in [0.25, 0.3) is 5.91 Å². The standard InChI is InChI=1S/C13H12FN3O3S/c14-12-3-1-2-11(17-12)13(18)16-10-6-4-9(5-7-10)8-21(15,19)20/h1-7H,8H2,(H,16,18)(H2,15,19,20). The Morgan fingerprint density at radius 1 is 1.19 bits per heavy atom. The van der Waals surface area contributed by atoms with Gasteiger partial charge in [0.2, 0.25) is 16.0 Å². The highest BCUT2D eigenvalue weighted by atomic mass is 32.2. The van der Waals surface area contributed by atoms with Gasteiger partial charge in [-0.3, -0.25) is 4.79 Å². The van der Waals surface area contributed by atoms with Gasteiger partial charge in [0.05, 0.1) is 5.75 Å². The van der Waals surface area contributed by atoms with Crippen LogP contribution in [0.25, 0.3) is 0 Å². The summed E-state index contributed by atoms with van der Waals surface area (Å²) in [6.07, 6.45) is 0. The summed E-state index contributed by atoms with van der Waals surface area (Å²) in [6.45, 7) is 0. The number of primary sulfonamides is 1. The molecular formula is C13H12FN3O3S. The van der Waals surface area contributed by atoms with Gasteiger partial charge in [0, 0.05) is 5.69 Å². The highest BCUT2D eigenvalue weighted by molar-refractivity contribution is 7.88. The minimum atomic E-state index is -3.60. The molecule has 21 heavy (non-hydrogen) atoms. The van der Waals surface area contributed by atoms with Crippen molar-refractivity contribution in [2.75, 3.05) is 5.32 Å². The summed E-state index contributed by atoms with van der Waals surface area (Å²) >= 11 is 0. The summed E-state index contributed by atoms with van der Waals surface area (Å²) in [4.78, 5) is 15.3. The molecule has 3 N–H and O–H groups in total. The molecule has 2 rings (SSSR count). The number of nitrogens with two attached hydrogens (primary N) is 1. The van der Waals surface area contributed by atoms with Gasteiger partial charge in [-0.15, -0.1) is 0 Å². The van der Waals surface area contributed by atoms with E-state index in [0.29, 0.717) is 11.3 Å². The van der Waals surface area contributed by atoms with E-state index < -0.39 is 21.9 Å². The van der Waals surface area contributed by atoms with Gasteiger partial charge in [0.1, 0.15) is 5.69 Å². The van der Waals surface area contributed by atoms with Crippen LogP contribution < -0.4 is 10.5 Å². The Kier molecular flexibility index (Phi) is 4.29. The van der Waals surface area contributed by atoms with Crippen LogP contribution in [0.15, 0.2) is 42.5 Å². The first kappa shape index (κ1) is 15.1.